The highest BCUT2D eigenvalue weighted by Gasteiger charge is 2.37. The van der Waals surface area contributed by atoms with Crippen molar-refractivity contribution in [3.05, 3.63) is 52.2 Å². The van der Waals surface area contributed by atoms with Gasteiger partial charge in [0, 0.05) is 42.3 Å². The van der Waals surface area contributed by atoms with Gasteiger partial charge in [-0.1, -0.05) is 0 Å². The standard InChI is InChI=1S/C22H21F3N6O3S/c1-33-19-14(22(23,24)25)6-12(7-28-19)18-17-15(2-4-27-18)29-10-30-20(17)34-13-3-5-31(9-13)21(32)16-8-26-11-35-16/h2,4,6-8,11,13,20,29-30H,3,5,9-10H2,1H3. The molecule has 2 aliphatic heterocycles. The summed E-state index contributed by atoms with van der Waals surface area (Å²) in [6.07, 6.45) is -0.559. The number of anilines is 1. The van der Waals surface area contributed by atoms with Crippen molar-refractivity contribution < 1.29 is 27.4 Å². The van der Waals surface area contributed by atoms with E-state index in [1.54, 1.807) is 22.7 Å². The summed E-state index contributed by atoms with van der Waals surface area (Å²) in [6, 6.07) is 2.72. The molecule has 5 heterocycles. The van der Waals surface area contributed by atoms with E-state index in [2.05, 4.69) is 25.6 Å². The lowest BCUT2D eigenvalue weighted by Crippen LogP contribution is -2.38. The Morgan fingerprint density at radius 3 is 2.89 bits per heavy atom. The minimum absolute atomic E-state index is 0.0939. The smallest absolute Gasteiger partial charge is 0.421 e. The molecule has 0 saturated carbocycles. The molecule has 5 rings (SSSR count). The van der Waals surface area contributed by atoms with Crippen LogP contribution in [0.5, 0.6) is 5.88 Å². The number of nitrogens with one attached hydrogen (secondary N) is 2. The van der Waals surface area contributed by atoms with E-state index in [0.717, 1.165) is 13.2 Å². The van der Waals surface area contributed by atoms with Crippen LogP contribution in [-0.2, 0) is 10.9 Å². The second-order valence-corrected chi connectivity index (χ2v) is 8.89. The van der Waals surface area contributed by atoms with Crippen molar-refractivity contribution in [3.8, 4) is 17.1 Å². The molecule has 9 nitrogen and oxygen atoms in total. The molecule has 2 aliphatic rings. The topological polar surface area (TPSA) is 102 Å². The number of rotatable bonds is 5. The first-order valence-electron chi connectivity index (χ1n) is 10.8. The summed E-state index contributed by atoms with van der Waals surface area (Å²) in [7, 11) is 1.14. The van der Waals surface area contributed by atoms with Crippen LogP contribution < -0.4 is 15.4 Å². The van der Waals surface area contributed by atoms with E-state index < -0.39 is 23.8 Å². The highest BCUT2D eigenvalue weighted by molar-refractivity contribution is 7.11. The van der Waals surface area contributed by atoms with Crippen molar-refractivity contribution in [3.63, 3.8) is 0 Å². The number of fused-ring (bicyclic) bond motifs is 1. The van der Waals surface area contributed by atoms with Crippen LogP contribution in [0.15, 0.2) is 36.2 Å². The van der Waals surface area contributed by atoms with Crippen molar-refractivity contribution >= 4 is 22.9 Å². The van der Waals surface area contributed by atoms with Crippen LogP contribution in [0.25, 0.3) is 11.3 Å². The Balaban J connectivity index is 1.42. The quantitative estimate of drug-likeness (QED) is 0.542. The highest BCUT2D eigenvalue weighted by atomic mass is 32.1. The monoisotopic (exact) mass is 506 g/mol. The Hall–Kier alpha value is -3.29. The van der Waals surface area contributed by atoms with Gasteiger partial charge in [0.25, 0.3) is 5.91 Å². The number of hydrogen-bond acceptors (Lipinski definition) is 9. The third-order valence-electron chi connectivity index (χ3n) is 5.85. The Morgan fingerprint density at radius 2 is 2.14 bits per heavy atom. The molecule has 0 radical (unpaired) electrons. The number of halogens is 3. The van der Waals surface area contributed by atoms with E-state index in [4.69, 9.17) is 9.47 Å². The molecule has 3 aromatic rings. The SMILES string of the molecule is COc1ncc(-c2nccc3c2C(OC2CCN(C(=O)c4cncs4)C2)NCN3)cc1C(F)(F)F. The number of ether oxygens (including phenoxy) is 2. The fraction of sp³-hybridized carbons (Fsp3) is 0.364. The van der Waals surface area contributed by atoms with Gasteiger partial charge >= 0.3 is 6.18 Å². The van der Waals surface area contributed by atoms with E-state index in [1.807, 2.05) is 0 Å². The summed E-state index contributed by atoms with van der Waals surface area (Å²) in [5.41, 5.74) is 2.38. The van der Waals surface area contributed by atoms with Gasteiger partial charge in [-0.15, -0.1) is 11.3 Å². The Kier molecular flexibility index (Phi) is 6.30. The van der Waals surface area contributed by atoms with E-state index in [9.17, 15) is 18.0 Å². The molecule has 1 fully saturated rings. The predicted molar refractivity (Wildman–Crippen MR) is 121 cm³/mol. The second-order valence-electron chi connectivity index (χ2n) is 8.00. The molecule has 0 aromatic carbocycles. The molecule has 2 unspecified atom stereocenters. The first-order chi connectivity index (χ1) is 16.8. The molecule has 0 bridgehead atoms. The minimum Gasteiger partial charge on any atom is -0.481 e. The average molecular weight is 507 g/mol. The van der Waals surface area contributed by atoms with Crippen LogP contribution in [0.1, 0.15) is 33.4 Å². The van der Waals surface area contributed by atoms with Gasteiger partial charge in [0.05, 0.1) is 37.3 Å². The van der Waals surface area contributed by atoms with Crippen molar-refractivity contribution in [1.29, 1.82) is 0 Å². The van der Waals surface area contributed by atoms with Gasteiger partial charge in [-0.3, -0.25) is 20.1 Å². The van der Waals surface area contributed by atoms with E-state index in [0.29, 0.717) is 48.0 Å². The first-order valence-corrected chi connectivity index (χ1v) is 11.6. The van der Waals surface area contributed by atoms with Gasteiger partial charge in [0.15, 0.2) is 0 Å². The van der Waals surface area contributed by atoms with Gasteiger partial charge in [-0.2, -0.15) is 13.2 Å². The van der Waals surface area contributed by atoms with Gasteiger partial charge in [-0.05, 0) is 18.6 Å². The van der Waals surface area contributed by atoms with E-state index in [1.165, 1.54) is 23.7 Å². The lowest BCUT2D eigenvalue weighted by atomic mass is 10.0. The molecular formula is C22H21F3N6O3S. The van der Waals surface area contributed by atoms with Crippen LogP contribution in [0.2, 0.25) is 0 Å². The third-order valence-corrected chi connectivity index (χ3v) is 6.61. The Labute approximate surface area is 202 Å². The summed E-state index contributed by atoms with van der Waals surface area (Å²) in [6.45, 7) is 1.33. The van der Waals surface area contributed by atoms with E-state index in [-0.39, 0.29) is 17.6 Å². The Morgan fingerprint density at radius 1 is 1.29 bits per heavy atom. The fourth-order valence-corrected chi connectivity index (χ4v) is 4.81. The lowest BCUT2D eigenvalue weighted by Gasteiger charge is -2.31. The van der Waals surface area contributed by atoms with Gasteiger partial charge in [-0.25, -0.2) is 4.98 Å². The number of aromatic nitrogens is 3. The maximum absolute atomic E-state index is 13.6. The molecule has 0 spiro atoms. The number of methoxy groups -OCH3 is 1. The lowest BCUT2D eigenvalue weighted by molar-refractivity contribution is -0.139. The molecule has 1 saturated heterocycles. The number of thiazole rings is 1. The van der Waals surface area contributed by atoms with Crippen LogP contribution in [0, 0.1) is 0 Å². The number of nitrogens with zero attached hydrogens (tertiary/aromatic N) is 4. The minimum atomic E-state index is -4.65. The van der Waals surface area contributed by atoms with E-state index >= 15 is 0 Å². The number of alkyl halides is 3. The van der Waals surface area contributed by atoms with Gasteiger partial charge in [0.1, 0.15) is 16.7 Å². The highest BCUT2D eigenvalue weighted by Crippen LogP contribution is 2.40. The van der Waals surface area contributed by atoms with Crippen LogP contribution in [0.3, 0.4) is 0 Å². The van der Waals surface area contributed by atoms with Crippen LogP contribution in [0.4, 0.5) is 18.9 Å². The number of pyridine rings is 2. The summed E-state index contributed by atoms with van der Waals surface area (Å²) in [5.74, 6) is -0.602. The first kappa shape index (κ1) is 23.5. The van der Waals surface area contributed by atoms with Gasteiger partial charge in [0.2, 0.25) is 5.88 Å². The number of amides is 1. The molecule has 0 aliphatic carbocycles. The van der Waals surface area contributed by atoms with Crippen molar-refractivity contribution in [1.82, 2.24) is 25.2 Å². The number of likely N-dealkylation sites (tertiary alicyclic amines) is 1. The number of hydrogen-bond donors (Lipinski definition) is 2. The van der Waals surface area contributed by atoms with Crippen molar-refractivity contribution in [2.75, 3.05) is 32.2 Å². The molecule has 1 amide bonds. The average Bonchev–Trinajstić information content (AvgIpc) is 3.55. The van der Waals surface area contributed by atoms with Crippen molar-refractivity contribution in [2.24, 2.45) is 0 Å². The molecule has 13 heteroatoms. The number of carbonyl (C=O) groups is 1. The van der Waals surface area contributed by atoms with Crippen molar-refractivity contribution in [2.45, 2.75) is 24.9 Å². The summed E-state index contributed by atoms with van der Waals surface area (Å²) >= 11 is 1.28. The summed E-state index contributed by atoms with van der Waals surface area (Å²) in [4.78, 5) is 27.1. The maximum Gasteiger partial charge on any atom is 0.421 e. The van der Waals surface area contributed by atoms with Crippen LogP contribution in [-0.4, -0.2) is 58.7 Å². The zero-order valence-corrected chi connectivity index (χ0v) is 19.3. The molecule has 2 atom stereocenters. The normalized spacial score (nSPS) is 19.8. The van der Waals surface area contributed by atoms with Gasteiger partial charge < -0.3 is 19.7 Å². The molecule has 184 valence electrons. The Bertz CT molecular complexity index is 1220. The second kappa shape index (κ2) is 9.40. The largest absolute Gasteiger partial charge is 0.481 e. The summed E-state index contributed by atoms with van der Waals surface area (Å²) in [5, 5.41) is 6.37. The zero-order chi connectivity index (χ0) is 24.6. The number of carbonyl (C=O) groups excluding carboxylic acids is 1. The molecular weight excluding hydrogens is 485 g/mol. The van der Waals surface area contributed by atoms with Crippen LogP contribution >= 0.6 is 11.3 Å². The summed E-state index contributed by atoms with van der Waals surface area (Å²) < 4.78 is 51.9. The third kappa shape index (κ3) is 4.66. The predicted octanol–water partition coefficient (Wildman–Crippen LogP) is 3.53. The molecule has 3 aromatic heterocycles. The maximum atomic E-state index is 13.6. The zero-order valence-electron chi connectivity index (χ0n) is 18.5. The fourth-order valence-electron chi connectivity index (χ4n) is 4.22. The molecule has 2 N–H and O–H groups in total. The molecule has 35 heavy (non-hydrogen) atoms.